The average molecular weight is 757 g/mol. The van der Waals surface area contributed by atoms with Crippen LogP contribution in [-0.4, -0.2) is 5.43 Å². The zero-order chi connectivity index (χ0) is 32.4. The molecule has 0 radical (unpaired) electrons. The van der Waals surface area contributed by atoms with E-state index in [4.69, 9.17) is 0 Å². The quantitative estimate of drug-likeness (QED) is 0.208. The van der Waals surface area contributed by atoms with Gasteiger partial charge >= 0.3 is 283 Å². The maximum Gasteiger partial charge on any atom is -1.00 e. The van der Waals surface area contributed by atoms with Gasteiger partial charge in [-0.1, -0.05) is 0 Å². The first-order valence-electron chi connectivity index (χ1n) is 16.8. The summed E-state index contributed by atoms with van der Waals surface area (Å²) in [7, 11) is 0. The van der Waals surface area contributed by atoms with E-state index in [9.17, 15) is 0 Å². The molecule has 0 aromatic heterocycles. The fraction of sp³-hybridized carbons (Fsp3) is 0.349. The largest absolute Gasteiger partial charge is 1.00 e. The number of fused-ring (bicyclic) bond motifs is 2. The third kappa shape index (κ3) is 6.67. The Balaban J connectivity index is 0.00000250. The molecule has 2 atom stereocenters. The fourth-order valence-electron chi connectivity index (χ4n) is 8.07. The molecule has 244 valence electrons. The van der Waals surface area contributed by atoms with Gasteiger partial charge in [-0.05, 0) is 0 Å². The van der Waals surface area contributed by atoms with E-state index in [1.54, 1.807) is 27.8 Å². The van der Waals surface area contributed by atoms with Crippen molar-refractivity contribution in [3.05, 3.63) is 128 Å². The van der Waals surface area contributed by atoms with E-state index in [-0.39, 0.29) is 30.2 Å². The number of allylic oxidation sites excluding steroid dienone is 2. The van der Waals surface area contributed by atoms with Crippen LogP contribution in [0.5, 0.6) is 0 Å². The Labute approximate surface area is 305 Å². The van der Waals surface area contributed by atoms with Crippen molar-refractivity contribution >= 4 is 17.6 Å². The van der Waals surface area contributed by atoms with Gasteiger partial charge in [-0.15, -0.1) is 0 Å². The van der Waals surface area contributed by atoms with Gasteiger partial charge in [-0.2, -0.15) is 0 Å². The molecule has 4 aromatic rings. The number of halogens is 2. The molecule has 0 N–H and O–H groups in total. The molecule has 0 spiro atoms. The molecule has 2 aliphatic carbocycles. The van der Waals surface area contributed by atoms with Gasteiger partial charge in [0.25, 0.3) is 0 Å². The van der Waals surface area contributed by atoms with Gasteiger partial charge in [-0.25, -0.2) is 0 Å². The molecule has 4 aromatic carbocycles. The van der Waals surface area contributed by atoms with Crippen molar-refractivity contribution in [3.8, 4) is 22.3 Å². The third-order valence-electron chi connectivity index (χ3n) is 10.7. The summed E-state index contributed by atoms with van der Waals surface area (Å²) >= 11 is -2.24. The normalized spacial score (nSPS) is 16.3. The van der Waals surface area contributed by atoms with Crippen LogP contribution in [-0.2, 0) is 25.8 Å². The Bertz CT molecular complexity index is 1900. The average Bonchev–Trinajstić information content (AvgIpc) is 3.55. The molecule has 6 rings (SSSR count). The van der Waals surface area contributed by atoms with Crippen LogP contribution in [0.25, 0.3) is 34.4 Å². The molecule has 0 aliphatic heterocycles. The zero-order valence-corrected chi connectivity index (χ0v) is 35.0. The summed E-state index contributed by atoms with van der Waals surface area (Å²) in [6.07, 6.45) is 5.25. The van der Waals surface area contributed by atoms with Crippen molar-refractivity contribution in [2.75, 3.05) is 0 Å². The second kappa shape index (κ2) is 14.5. The van der Waals surface area contributed by atoms with Crippen molar-refractivity contribution in [2.45, 2.75) is 88.1 Å². The summed E-state index contributed by atoms with van der Waals surface area (Å²) in [5, 5.41) is 0. The minimum Gasteiger partial charge on any atom is -1.00 e. The first-order valence-corrected chi connectivity index (χ1v) is 25.8. The molecule has 0 bridgehead atoms. The van der Waals surface area contributed by atoms with Gasteiger partial charge in [0.15, 0.2) is 0 Å². The monoisotopic (exact) mass is 754 g/mol. The fourth-order valence-corrected chi connectivity index (χ4v) is 29.1. The smallest absolute Gasteiger partial charge is 1.00 e. The Morgan fingerprint density at radius 2 is 1.30 bits per heavy atom. The Hall–Kier alpha value is -1.96. The number of rotatable bonds is 5. The predicted molar refractivity (Wildman–Crippen MR) is 196 cm³/mol. The molecular weight excluding hydrogens is 707 g/mol. The van der Waals surface area contributed by atoms with Gasteiger partial charge in [0.1, 0.15) is 0 Å². The molecule has 2 unspecified atom stereocenters. The van der Waals surface area contributed by atoms with Crippen molar-refractivity contribution < 1.29 is 45.2 Å². The molecule has 0 saturated heterocycles. The summed E-state index contributed by atoms with van der Waals surface area (Å²) < 4.78 is 1.25. The topological polar surface area (TPSA) is 0 Å². The summed E-state index contributed by atoms with van der Waals surface area (Å²) in [6.45, 7) is 26.7. The van der Waals surface area contributed by atoms with E-state index in [2.05, 4.69) is 160 Å². The van der Waals surface area contributed by atoms with Crippen LogP contribution in [0, 0.1) is 26.7 Å². The van der Waals surface area contributed by atoms with Crippen molar-refractivity contribution in [1.82, 2.24) is 0 Å². The van der Waals surface area contributed by atoms with Crippen molar-refractivity contribution in [1.29, 1.82) is 0 Å². The third-order valence-corrected chi connectivity index (χ3v) is 30.2. The number of hydrogen-bond donors (Lipinski definition) is 0. The molecule has 0 saturated carbocycles. The maximum atomic E-state index is 2.66. The summed E-state index contributed by atoms with van der Waals surface area (Å²) in [5.41, 5.74) is 20.7. The van der Waals surface area contributed by atoms with Gasteiger partial charge < -0.3 is 24.8 Å². The van der Waals surface area contributed by atoms with E-state index in [1.807, 2.05) is 0 Å². The minimum atomic E-state index is -2.24. The van der Waals surface area contributed by atoms with Crippen LogP contribution < -0.4 is 24.8 Å². The van der Waals surface area contributed by atoms with Gasteiger partial charge in [-0.3, -0.25) is 0 Å². The van der Waals surface area contributed by atoms with Gasteiger partial charge in [0.05, 0.1) is 0 Å². The van der Waals surface area contributed by atoms with Crippen LogP contribution >= 0.6 is 0 Å². The van der Waals surface area contributed by atoms with Crippen LogP contribution in [0.15, 0.2) is 83.9 Å². The van der Waals surface area contributed by atoms with Crippen LogP contribution in [0.3, 0.4) is 0 Å². The summed E-state index contributed by atoms with van der Waals surface area (Å²) in [4.78, 5) is 0. The van der Waals surface area contributed by atoms with Crippen molar-refractivity contribution in [3.63, 3.8) is 0 Å². The second-order valence-corrected chi connectivity index (χ2v) is 33.0. The molecule has 0 amide bonds. The van der Waals surface area contributed by atoms with Gasteiger partial charge in [0.2, 0.25) is 0 Å². The first-order chi connectivity index (χ1) is 21.3. The molecule has 0 fully saturated rings. The molecule has 2 aliphatic rings. The van der Waals surface area contributed by atoms with Gasteiger partial charge in [0, 0.05) is 0 Å². The molecule has 47 heavy (non-hydrogen) atoms. The van der Waals surface area contributed by atoms with Crippen LogP contribution in [0.2, 0.25) is 13.1 Å². The predicted octanol–water partition coefficient (Wildman–Crippen LogP) is 6.37. The maximum absolute atomic E-state index is 2.66. The van der Waals surface area contributed by atoms with Crippen molar-refractivity contribution in [2.24, 2.45) is 5.92 Å². The molecule has 4 heteroatoms. The number of benzene rings is 4. The Kier molecular flexibility index (Phi) is 11.7. The zero-order valence-electron chi connectivity index (χ0n) is 30.1. The van der Waals surface area contributed by atoms with E-state index in [0.29, 0.717) is 13.2 Å². The standard InChI is InChI=1S/C22H25.C19H19.C2H6Si.2ClH.Zr/c1-15(2)18-13-17-7-6-8-20(21(17)14-18)16-9-11-19(12-10-16)22(3,4)5;1-12-10-17-14(3)13(2)15(4)19(18(17)11-12)16-8-6-5-7-9-16;1-3-2;;;/h6-15H,1-5H3;5-11H,1-4H3;1-2H3;2*1H;/q;;;;;+2/p-2. The number of hydrogen-bond acceptors (Lipinski definition) is 0. The minimum absolute atomic E-state index is 0. The molecule has 0 heterocycles. The summed E-state index contributed by atoms with van der Waals surface area (Å²) in [5.74, 6) is 0.543. The first kappa shape index (κ1) is 37.9. The Morgan fingerprint density at radius 3 is 1.87 bits per heavy atom. The van der Waals surface area contributed by atoms with Crippen LogP contribution in [0.4, 0.5) is 0 Å². The van der Waals surface area contributed by atoms with E-state index >= 15 is 0 Å². The SMILES string of the molecule is CC1=Cc2c(-c3ccccc3)c(C)c(C)c(C)c2[CH]1[Zr+2]([CH]1C(C(C)C)=Cc2c(-c3ccc(C(C)(C)C)cc3)cccc21)=[Si](C)C.[Cl-].[Cl-]. The van der Waals surface area contributed by atoms with E-state index < -0.39 is 25.8 Å². The van der Waals surface area contributed by atoms with E-state index in [0.717, 1.165) is 0 Å². The molecule has 0 nitrogen and oxygen atoms in total. The summed E-state index contributed by atoms with van der Waals surface area (Å²) in [6, 6.07) is 27.8. The Morgan fingerprint density at radius 1 is 0.660 bits per heavy atom. The van der Waals surface area contributed by atoms with E-state index in [1.165, 1.54) is 50.1 Å². The molecular formula is C43H50Cl2SiZr. The second-order valence-electron chi connectivity index (χ2n) is 15.1. The van der Waals surface area contributed by atoms with Crippen LogP contribution in [0.1, 0.15) is 93.3 Å².